The molecule has 2 N–H and O–H groups in total. The van der Waals surface area contributed by atoms with E-state index in [-0.39, 0.29) is 17.3 Å². The van der Waals surface area contributed by atoms with Gasteiger partial charge in [-0.25, -0.2) is 9.97 Å². The molecular weight excluding hydrogens is 360 g/mol. The first-order valence-corrected chi connectivity index (χ1v) is 8.15. The molecule has 0 aliphatic carbocycles. The zero-order valence-corrected chi connectivity index (χ0v) is 14.2. The number of hydrogen-bond acceptors (Lipinski definition) is 8. The van der Waals surface area contributed by atoms with Crippen molar-refractivity contribution in [2.45, 2.75) is 13.0 Å². The van der Waals surface area contributed by atoms with Crippen molar-refractivity contribution < 1.29 is 9.45 Å². The van der Waals surface area contributed by atoms with Gasteiger partial charge >= 0.3 is 5.69 Å². The molecular formula is C16H13ClN6O3. The van der Waals surface area contributed by atoms with Crippen molar-refractivity contribution >= 4 is 28.9 Å². The Bertz CT molecular complexity index is 988. The Kier molecular flexibility index (Phi) is 3.92. The van der Waals surface area contributed by atoms with Gasteiger partial charge in [-0.05, 0) is 24.3 Å². The van der Waals surface area contributed by atoms with Crippen molar-refractivity contribution in [3.63, 3.8) is 0 Å². The van der Waals surface area contributed by atoms with E-state index in [1.54, 1.807) is 17.0 Å². The Morgan fingerprint density at radius 1 is 1.27 bits per heavy atom. The van der Waals surface area contributed by atoms with E-state index < -0.39 is 4.92 Å². The molecule has 0 unspecified atom stereocenters. The predicted molar refractivity (Wildman–Crippen MR) is 94.8 cm³/mol. The van der Waals surface area contributed by atoms with Gasteiger partial charge in [0.05, 0.1) is 17.2 Å². The van der Waals surface area contributed by atoms with Crippen LogP contribution in [0.4, 0.5) is 17.3 Å². The van der Waals surface area contributed by atoms with Gasteiger partial charge in [0.2, 0.25) is 11.6 Å². The molecule has 1 aromatic carbocycles. The maximum absolute atomic E-state index is 11.4. The minimum Gasteiger partial charge on any atom is -0.378 e. The lowest BCUT2D eigenvalue weighted by Crippen LogP contribution is -2.31. The monoisotopic (exact) mass is 372 g/mol. The molecule has 0 saturated heterocycles. The molecule has 0 atom stereocenters. The van der Waals surface area contributed by atoms with Crippen molar-refractivity contribution in [2.75, 3.05) is 17.2 Å². The van der Waals surface area contributed by atoms with E-state index >= 15 is 0 Å². The van der Waals surface area contributed by atoms with Gasteiger partial charge in [-0.3, -0.25) is 10.1 Å². The number of rotatable bonds is 3. The van der Waals surface area contributed by atoms with Gasteiger partial charge < -0.3 is 15.2 Å². The summed E-state index contributed by atoms with van der Waals surface area (Å²) in [5, 5.41) is 16.1. The Balaban J connectivity index is 1.73. The lowest BCUT2D eigenvalue weighted by Gasteiger charge is -2.26. The largest absolute Gasteiger partial charge is 0.378 e. The second kappa shape index (κ2) is 6.26. The maximum atomic E-state index is 11.4. The molecule has 0 amide bonds. The molecule has 1 aliphatic heterocycles. The Hall–Kier alpha value is -3.20. The highest BCUT2D eigenvalue weighted by molar-refractivity contribution is 6.30. The minimum atomic E-state index is -0.562. The van der Waals surface area contributed by atoms with Crippen LogP contribution in [0.25, 0.3) is 11.3 Å². The van der Waals surface area contributed by atoms with Gasteiger partial charge in [-0.15, -0.1) is 0 Å². The highest BCUT2D eigenvalue weighted by atomic mass is 35.5. The van der Waals surface area contributed by atoms with Crippen LogP contribution in [0.1, 0.15) is 11.3 Å². The molecule has 2 aromatic heterocycles. The van der Waals surface area contributed by atoms with Crippen molar-refractivity contribution in [3.8, 4) is 11.3 Å². The average molecular weight is 373 g/mol. The summed E-state index contributed by atoms with van der Waals surface area (Å²) in [7, 11) is 0. The molecule has 9 nitrogen and oxygen atoms in total. The van der Waals surface area contributed by atoms with E-state index in [0.717, 1.165) is 16.8 Å². The van der Waals surface area contributed by atoms with Crippen LogP contribution in [0.15, 0.2) is 35.1 Å². The standard InChI is InChI=1S/C16H13ClN6O3/c17-10-3-1-9(2-4-10)14-11-7-22(6-5-12(11)21-26-14)16-13(23(24)25)15(18)19-8-20-16/h1-4,8H,5-7H2,(H2,18,19,20). The zero-order chi connectivity index (χ0) is 18.3. The second-order valence-corrected chi connectivity index (χ2v) is 6.24. The van der Waals surface area contributed by atoms with Crippen LogP contribution in [0.3, 0.4) is 0 Å². The number of hydrogen-bond donors (Lipinski definition) is 1. The predicted octanol–water partition coefficient (Wildman–Crippen LogP) is 2.84. The molecule has 0 saturated carbocycles. The number of nitro groups is 1. The third kappa shape index (κ3) is 2.72. The first kappa shape index (κ1) is 16.3. The number of fused-ring (bicyclic) bond motifs is 1. The van der Waals surface area contributed by atoms with Gasteiger partial charge in [-0.1, -0.05) is 16.8 Å². The Morgan fingerprint density at radius 3 is 2.77 bits per heavy atom. The average Bonchev–Trinajstić information content (AvgIpc) is 3.05. The van der Waals surface area contributed by atoms with E-state index in [2.05, 4.69) is 15.1 Å². The Morgan fingerprint density at radius 2 is 2.04 bits per heavy atom. The number of nitrogens with zero attached hydrogens (tertiary/aromatic N) is 5. The number of anilines is 2. The lowest BCUT2D eigenvalue weighted by molar-refractivity contribution is -0.383. The van der Waals surface area contributed by atoms with Gasteiger partial charge in [0, 0.05) is 29.1 Å². The zero-order valence-electron chi connectivity index (χ0n) is 13.4. The highest BCUT2D eigenvalue weighted by Gasteiger charge is 2.31. The van der Waals surface area contributed by atoms with E-state index in [1.807, 2.05) is 12.1 Å². The highest BCUT2D eigenvalue weighted by Crippen LogP contribution is 2.36. The maximum Gasteiger partial charge on any atom is 0.353 e. The number of benzene rings is 1. The minimum absolute atomic E-state index is 0.158. The van der Waals surface area contributed by atoms with E-state index in [1.165, 1.54) is 6.33 Å². The number of nitrogens with two attached hydrogens (primary N) is 1. The van der Waals surface area contributed by atoms with Crippen LogP contribution in [-0.2, 0) is 13.0 Å². The first-order chi connectivity index (χ1) is 12.5. The Labute approximate surface area is 152 Å². The van der Waals surface area contributed by atoms with Crippen molar-refractivity contribution in [1.29, 1.82) is 0 Å². The summed E-state index contributed by atoms with van der Waals surface area (Å²) in [6.45, 7) is 0.880. The SMILES string of the molecule is Nc1ncnc(N2CCc3noc(-c4ccc(Cl)cc4)c3C2)c1[N+](=O)[O-]. The molecule has 0 radical (unpaired) electrons. The van der Waals surface area contributed by atoms with E-state index in [4.69, 9.17) is 21.9 Å². The molecule has 26 heavy (non-hydrogen) atoms. The lowest BCUT2D eigenvalue weighted by atomic mass is 10.0. The van der Waals surface area contributed by atoms with E-state index in [9.17, 15) is 10.1 Å². The molecule has 0 bridgehead atoms. The summed E-state index contributed by atoms with van der Waals surface area (Å²) >= 11 is 5.94. The fourth-order valence-corrected chi connectivity index (χ4v) is 3.14. The first-order valence-electron chi connectivity index (χ1n) is 7.77. The molecule has 0 spiro atoms. The van der Waals surface area contributed by atoms with Gasteiger partial charge in [0.1, 0.15) is 6.33 Å². The fourth-order valence-electron chi connectivity index (χ4n) is 3.01. The summed E-state index contributed by atoms with van der Waals surface area (Å²) in [6, 6.07) is 7.21. The number of halogens is 1. The van der Waals surface area contributed by atoms with E-state index in [0.29, 0.717) is 30.3 Å². The van der Waals surface area contributed by atoms with Crippen molar-refractivity contribution in [2.24, 2.45) is 0 Å². The van der Waals surface area contributed by atoms with Crippen molar-refractivity contribution in [1.82, 2.24) is 15.1 Å². The molecule has 3 aromatic rings. The topological polar surface area (TPSA) is 124 Å². The molecule has 0 fully saturated rings. The van der Waals surface area contributed by atoms with Crippen LogP contribution in [0.2, 0.25) is 5.02 Å². The second-order valence-electron chi connectivity index (χ2n) is 5.80. The molecule has 10 heteroatoms. The summed E-state index contributed by atoms with van der Waals surface area (Å²) < 4.78 is 5.52. The van der Waals surface area contributed by atoms with Crippen LogP contribution in [0.5, 0.6) is 0 Å². The smallest absolute Gasteiger partial charge is 0.353 e. The van der Waals surface area contributed by atoms with Gasteiger partial charge in [0.25, 0.3) is 0 Å². The molecule has 1 aliphatic rings. The molecule has 3 heterocycles. The number of nitrogen functional groups attached to an aromatic ring is 1. The van der Waals surface area contributed by atoms with Gasteiger partial charge in [0.15, 0.2) is 5.76 Å². The fraction of sp³-hybridized carbons (Fsp3) is 0.188. The summed E-state index contributed by atoms with van der Waals surface area (Å²) in [5.41, 5.74) is 7.91. The third-order valence-corrected chi connectivity index (χ3v) is 4.51. The van der Waals surface area contributed by atoms with Crippen LogP contribution in [0, 0.1) is 10.1 Å². The quantitative estimate of drug-likeness (QED) is 0.549. The summed E-state index contributed by atoms with van der Waals surface area (Å²) in [6.07, 6.45) is 1.80. The number of aromatic nitrogens is 3. The normalized spacial score (nSPS) is 13.5. The summed E-state index contributed by atoms with van der Waals surface area (Å²) in [5.74, 6) is 0.650. The van der Waals surface area contributed by atoms with Crippen LogP contribution >= 0.6 is 11.6 Å². The molecule has 4 rings (SSSR count). The third-order valence-electron chi connectivity index (χ3n) is 4.26. The van der Waals surface area contributed by atoms with Gasteiger partial charge in [-0.2, -0.15) is 0 Å². The van der Waals surface area contributed by atoms with Crippen LogP contribution < -0.4 is 10.6 Å². The molecule has 132 valence electrons. The van der Waals surface area contributed by atoms with Crippen molar-refractivity contribution in [3.05, 3.63) is 57.0 Å². The van der Waals surface area contributed by atoms with Crippen LogP contribution in [-0.4, -0.2) is 26.6 Å². The summed E-state index contributed by atoms with van der Waals surface area (Å²) in [4.78, 5) is 20.4.